The molecule has 0 aliphatic heterocycles. The molecular formula is C16H19FN4O2. The summed E-state index contributed by atoms with van der Waals surface area (Å²) in [6.45, 7) is 0.355. The Morgan fingerprint density at radius 1 is 1.35 bits per heavy atom. The molecule has 1 fully saturated rings. The first-order valence-electron chi connectivity index (χ1n) is 7.73. The highest BCUT2D eigenvalue weighted by molar-refractivity contribution is 5.92. The molecule has 2 N–H and O–H groups in total. The van der Waals surface area contributed by atoms with Gasteiger partial charge in [0.15, 0.2) is 5.69 Å². The Kier molecular flexibility index (Phi) is 4.66. The van der Waals surface area contributed by atoms with Crippen molar-refractivity contribution in [2.75, 3.05) is 0 Å². The van der Waals surface area contributed by atoms with Crippen LogP contribution >= 0.6 is 0 Å². The zero-order valence-electron chi connectivity index (χ0n) is 12.7. The molecule has 1 aliphatic rings. The molecule has 0 unspecified atom stereocenters. The molecule has 0 radical (unpaired) electrons. The lowest BCUT2D eigenvalue weighted by atomic mass is 9.93. The first kappa shape index (κ1) is 15.6. The van der Waals surface area contributed by atoms with Gasteiger partial charge in [-0.15, -0.1) is 5.10 Å². The number of aliphatic hydroxyl groups is 1. The molecule has 1 aromatic carbocycles. The van der Waals surface area contributed by atoms with Gasteiger partial charge in [0.05, 0.1) is 18.8 Å². The highest BCUT2D eigenvalue weighted by atomic mass is 19.1. The van der Waals surface area contributed by atoms with E-state index in [4.69, 9.17) is 0 Å². The summed E-state index contributed by atoms with van der Waals surface area (Å²) in [5.74, 6) is -0.572. The van der Waals surface area contributed by atoms with E-state index in [1.807, 2.05) is 0 Å². The number of benzene rings is 1. The lowest BCUT2D eigenvalue weighted by Crippen LogP contribution is -2.38. The van der Waals surface area contributed by atoms with Crippen LogP contribution in [-0.4, -0.2) is 38.2 Å². The van der Waals surface area contributed by atoms with Crippen LogP contribution in [0.4, 0.5) is 4.39 Å². The van der Waals surface area contributed by atoms with Crippen molar-refractivity contribution in [3.8, 4) is 0 Å². The molecular weight excluding hydrogens is 299 g/mol. The zero-order valence-corrected chi connectivity index (χ0v) is 12.7. The number of amides is 1. The summed E-state index contributed by atoms with van der Waals surface area (Å²) in [7, 11) is 0. The summed E-state index contributed by atoms with van der Waals surface area (Å²) in [6, 6.07) is 6.30. The maximum Gasteiger partial charge on any atom is 0.273 e. The summed E-state index contributed by atoms with van der Waals surface area (Å²) in [4.78, 5) is 12.2. The standard InChI is InChI=1S/C16H19FN4O2/c17-12-3-1-2-11(8-12)9-21-10-15(19-20-21)16(23)18-13-4-6-14(22)7-5-13/h1-3,8,10,13-14,22H,4-7,9H2,(H,18,23). The predicted molar refractivity (Wildman–Crippen MR) is 81.3 cm³/mol. The van der Waals surface area contributed by atoms with Crippen LogP contribution in [0.2, 0.25) is 0 Å². The summed E-state index contributed by atoms with van der Waals surface area (Å²) >= 11 is 0. The average Bonchev–Trinajstić information content (AvgIpc) is 2.98. The van der Waals surface area contributed by atoms with Gasteiger partial charge in [-0.25, -0.2) is 9.07 Å². The van der Waals surface area contributed by atoms with E-state index in [1.54, 1.807) is 18.3 Å². The molecule has 0 spiro atoms. The summed E-state index contributed by atoms with van der Waals surface area (Å²) in [5.41, 5.74) is 0.996. The van der Waals surface area contributed by atoms with Crippen LogP contribution in [0.15, 0.2) is 30.5 Å². The first-order chi connectivity index (χ1) is 11.1. The largest absolute Gasteiger partial charge is 0.393 e. The van der Waals surface area contributed by atoms with Crippen LogP contribution in [0.3, 0.4) is 0 Å². The molecule has 23 heavy (non-hydrogen) atoms. The van der Waals surface area contributed by atoms with Crippen molar-refractivity contribution in [2.45, 2.75) is 44.4 Å². The zero-order chi connectivity index (χ0) is 16.2. The number of rotatable bonds is 4. The molecule has 3 rings (SSSR count). The van der Waals surface area contributed by atoms with E-state index in [-0.39, 0.29) is 29.6 Å². The van der Waals surface area contributed by atoms with Gasteiger partial charge < -0.3 is 10.4 Å². The summed E-state index contributed by atoms with van der Waals surface area (Å²) < 4.78 is 14.7. The second-order valence-electron chi connectivity index (χ2n) is 5.91. The minimum absolute atomic E-state index is 0.0688. The van der Waals surface area contributed by atoms with Crippen molar-refractivity contribution in [1.29, 1.82) is 0 Å². The molecule has 1 heterocycles. The minimum atomic E-state index is -0.305. The second-order valence-corrected chi connectivity index (χ2v) is 5.91. The van der Waals surface area contributed by atoms with E-state index in [9.17, 15) is 14.3 Å². The Morgan fingerprint density at radius 3 is 2.87 bits per heavy atom. The topological polar surface area (TPSA) is 80.0 Å². The maximum absolute atomic E-state index is 13.2. The summed E-state index contributed by atoms with van der Waals surface area (Å²) in [6.07, 6.45) is 4.25. The lowest BCUT2D eigenvalue weighted by Gasteiger charge is -2.25. The van der Waals surface area contributed by atoms with Crippen molar-refractivity contribution >= 4 is 5.91 Å². The van der Waals surface area contributed by atoms with Crippen molar-refractivity contribution in [3.63, 3.8) is 0 Å². The third-order valence-electron chi connectivity index (χ3n) is 4.04. The van der Waals surface area contributed by atoms with Crippen molar-refractivity contribution in [3.05, 3.63) is 47.5 Å². The van der Waals surface area contributed by atoms with Crippen LogP contribution in [-0.2, 0) is 6.54 Å². The fraction of sp³-hybridized carbons (Fsp3) is 0.438. The van der Waals surface area contributed by atoms with E-state index in [2.05, 4.69) is 15.6 Å². The SMILES string of the molecule is O=C(NC1CCC(O)CC1)c1cn(Cc2cccc(F)c2)nn1. The van der Waals surface area contributed by atoms with Gasteiger partial charge in [-0.1, -0.05) is 17.3 Å². The number of aliphatic hydroxyl groups excluding tert-OH is 1. The monoisotopic (exact) mass is 318 g/mol. The normalized spacial score (nSPS) is 21.1. The van der Waals surface area contributed by atoms with Gasteiger partial charge >= 0.3 is 0 Å². The predicted octanol–water partition coefficient (Wildman–Crippen LogP) is 1.50. The molecule has 1 aromatic heterocycles. The van der Waals surface area contributed by atoms with Crippen LogP contribution in [0, 0.1) is 5.82 Å². The Morgan fingerprint density at radius 2 is 2.13 bits per heavy atom. The molecule has 0 atom stereocenters. The number of halogens is 1. The highest BCUT2D eigenvalue weighted by Gasteiger charge is 2.22. The fourth-order valence-electron chi connectivity index (χ4n) is 2.78. The molecule has 1 aliphatic carbocycles. The van der Waals surface area contributed by atoms with Gasteiger partial charge in [0.1, 0.15) is 5.82 Å². The first-order valence-corrected chi connectivity index (χ1v) is 7.73. The average molecular weight is 318 g/mol. The van der Waals surface area contributed by atoms with Crippen LogP contribution in [0.1, 0.15) is 41.7 Å². The van der Waals surface area contributed by atoms with Crippen LogP contribution in [0.25, 0.3) is 0 Å². The van der Waals surface area contributed by atoms with Gasteiger partial charge in [0.25, 0.3) is 5.91 Å². The smallest absolute Gasteiger partial charge is 0.273 e. The number of hydrogen-bond acceptors (Lipinski definition) is 4. The van der Waals surface area contributed by atoms with E-state index < -0.39 is 0 Å². The molecule has 0 saturated heterocycles. The van der Waals surface area contributed by atoms with E-state index >= 15 is 0 Å². The Bertz CT molecular complexity index is 680. The number of carbonyl (C=O) groups is 1. The molecule has 6 nitrogen and oxygen atoms in total. The molecule has 122 valence electrons. The van der Waals surface area contributed by atoms with Gasteiger partial charge in [0.2, 0.25) is 0 Å². The number of nitrogens with one attached hydrogen (secondary N) is 1. The molecule has 1 amide bonds. The van der Waals surface area contributed by atoms with Gasteiger partial charge in [-0.2, -0.15) is 0 Å². The minimum Gasteiger partial charge on any atom is -0.393 e. The number of hydrogen-bond donors (Lipinski definition) is 2. The lowest BCUT2D eigenvalue weighted by molar-refractivity contribution is 0.0863. The van der Waals surface area contributed by atoms with Crippen LogP contribution in [0.5, 0.6) is 0 Å². The Balaban J connectivity index is 1.59. The molecule has 7 heteroatoms. The van der Waals surface area contributed by atoms with Gasteiger partial charge in [0, 0.05) is 6.04 Å². The number of aromatic nitrogens is 3. The third kappa shape index (κ3) is 4.13. The molecule has 0 bridgehead atoms. The Labute approximate surface area is 133 Å². The summed E-state index contributed by atoms with van der Waals surface area (Å²) in [5, 5.41) is 20.2. The maximum atomic E-state index is 13.2. The van der Waals surface area contributed by atoms with Crippen molar-refractivity contribution < 1.29 is 14.3 Å². The van der Waals surface area contributed by atoms with Crippen LogP contribution < -0.4 is 5.32 Å². The number of carbonyl (C=O) groups excluding carboxylic acids is 1. The van der Waals surface area contributed by atoms with Gasteiger partial charge in [-0.05, 0) is 43.4 Å². The third-order valence-corrected chi connectivity index (χ3v) is 4.04. The molecule has 2 aromatic rings. The van der Waals surface area contributed by atoms with E-state index in [0.717, 1.165) is 18.4 Å². The van der Waals surface area contributed by atoms with E-state index in [1.165, 1.54) is 16.8 Å². The second kappa shape index (κ2) is 6.87. The fourth-order valence-corrected chi connectivity index (χ4v) is 2.78. The number of nitrogens with zero attached hydrogens (tertiary/aromatic N) is 3. The quantitative estimate of drug-likeness (QED) is 0.895. The van der Waals surface area contributed by atoms with E-state index in [0.29, 0.717) is 19.4 Å². The molecule has 1 saturated carbocycles. The van der Waals surface area contributed by atoms with Gasteiger partial charge in [-0.3, -0.25) is 4.79 Å². The van der Waals surface area contributed by atoms with Crippen molar-refractivity contribution in [1.82, 2.24) is 20.3 Å². The Hall–Kier alpha value is -2.28. The van der Waals surface area contributed by atoms with Crippen molar-refractivity contribution in [2.24, 2.45) is 0 Å². The highest BCUT2D eigenvalue weighted by Crippen LogP contribution is 2.18.